The van der Waals surface area contributed by atoms with Crippen LogP contribution >= 0.6 is 0 Å². The Morgan fingerprint density at radius 2 is 2.08 bits per heavy atom. The van der Waals surface area contributed by atoms with Crippen LogP contribution in [0.1, 0.15) is 32.6 Å². The predicted molar refractivity (Wildman–Crippen MR) is 89.7 cm³/mol. The van der Waals surface area contributed by atoms with E-state index in [1.165, 1.54) is 18.2 Å². The maximum Gasteiger partial charge on any atom is 0.420 e. The molecule has 0 aliphatic heterocycles. The second-order valence-electron chi connectivity index (χ2n) is 5.99. The summed E-state index contributed by atoms with van der Waals surface area (Å²) in [6.07, 6.45) is 3.68. The molecule has 0 unspecified atom stereocenters. The first-order valence-corrected chi connectivity index (χ1v) is 9.70. The van der Waals surface area contributed by atoms with Gasteiger partial charge in [-0.1, -0.05) is 12.8 Å². The summed E-state index contributed by atoms with van der Waals surface area (Å²) in [6, 6.07) is 4.11. The highest BCUT2D eigenvalue weighted by molar-refractivity contribution is 7.89. The van der Waals surface area contributed by atoms with E-state index in [4.69, 9.17) is 9.15 Å². The molecule has 1 aromatic carbocycles. The third-order valence-corrected chi connectivity index (χ3v) is 5.74. The van der Waals surface area contributed by atoms with Gasteiger partial charge in [-0.15, -0.1) is 0 Å². The average molecular weight is 368 g/mol. The van der Waals surface area contributed by atoms with E-state index in [1.54, 1.807) is 6.92 Å². The summed E-state index contributed by atoms with van der Waals surface area (Å²) in [5, 5.41) is 0. The molecule has 1 N–H and O–H groups in total. The lowest BCUT2D eigenvalue weighted by Crippen LogP contribution is -2.32. The van der Waals surface area contributed by atoms with E-state index in [9.17, 15) is 18.0 Å². The molecule has 0 atom stereocenters. The smallest absolute Gasteiger partial charge is 0.420 e. The summed E-state index contributed by atoms with van der Waals surface area (Å²) in [6.45, 7) is 1.59. The minimum absolute atomic E-state index is 0.0314. The molecule has 2 aromatic rings. The van der Waals surface area contributed by atoms with Gasteiger partial charge in [0.2, 0.25) is 10.0 Å². The number of oxazole rings is 1. The Kier molecular flexibility index (Phi) is 4.96. The largest absolute Gasteiger partial charge is 0.465 e. The number of rotatable bonds is 6. The maximum absolute atomic E-state index is 12.5. The van der Waals surface area contributed by atoms with Crippen molar-refractivity contribution in [2.75, 3.05) is 6.61 Å². The molecule has 1 aromatic heterocycles. The lowest BCUT2D eigenvalue weighted by molar-refractivity contribution is -0.143. The molecular formula is C16H20N2O6S. The normalized spacial score (nSPS) is 15.7. The number of hydrogen-bond acceptors (Lipinski definition) is 6. The molecule has 1 saturated carbocycles. The third-order valence-electron chi connectivity index (χ3n) is 4.22. The number of benzene rings is 1. The fraction of sp³-hybridized carbons (Fsp3) is 0.500. The van der Waals surface area contributed by atoms with Crippen molar-refractivity contribution < 1.29 is 22.4 Å². The van der Waals surface area contributed by atoms with Gasteiger partial charge in [-0.05, 0) is 31.9 Å². The van der Waals surface area contributed by atoms with Crippen molar-refractivity contribution in [1.82, 2.24) is 9.29 Å². The number of carbonyl (C=O) groups excluding carboxylic acids is 1. The molecule has 9 heteroatoms. The molecule has 1 aliphatic rings. The van der Waals surface area contributed by atoms with E-state index in [2.05, 4.69) is 4.72 Å². The zero-order valence-corrected chi connectivity index (χ0v) is 14.7. The van der Waals surface area contributed by atoms with Gasteiger partial charge in [-0.25, -0.2) is 17.9 Å². The molecule has 25 heavy (non-hydrogen) atoms. The Hall–Kier alpha value is -2.13. The molecule has 0 amide bonds. The van der Waals surface area contributed by atoms with Crippen molar-refractivity contribution in [2.45, 2.75) is 50.1 Å². The van der Waals surface area contributed by atoms with Gasteiger partial charge in [0.25, 0.3) is 0 Å². The van der Waals surface area contributed by atoms with Gasteiger partial charge >= 0.3 is 11.7 Å². The number of hydrogen-bond donors (Lipinski definition) is 1. The van der Waals surface area contributed by atoms with Gasteiger partial charge in [0.05, 0.1) is 17.0 Å². The molecule has 0 spiro atoms. The fourth-order valence-corrected chi connectivity index (χ4v) is 4.35. The van der Waals surface area contributed by atoms with Crippen LogP contribution in [0.5, 0.6) is 0 Å². The van der Waals surface area contributed by atoms with E-state index in [-0.39, 0.29) is 29.7 Å². The Morgan fingerprint density at radius 3 is 2.76 bits per heavy atom. The summed E-state index contributed by atoms with van der Waals surface area (Å²) >= 11 is 0. The Balaban J connectivity index is 1.90. The molecule has 0 bridgehead atoms. The first-order valence-electron chi connectivity index (χ1n) is 8.22. The van der Waals surface area contributed by atoms with Crippen LogP contribution in [0.3, 0.4) is 0 Å². The van der Waals surface area contributed by atoms with Gasteiger partial charge in [-0.3, -0.25) is 9.36 Å². The van der Waals surface area contributed by atoms with Crippen LogP contribution < -0.4 is 10.5 Å². The van der Waals surface area contributed by atoms with E-state index >= 15 is 0 Å². The van der Waals surface area contributed by atoms with Crippen LogP contribution in [0.4, 0.5) is 0 Å². The van der Waals surface area contributed by atoms with Crippen molar-refractivity contribution in [2.24, 2.45) is 0 Å². The Morgan fingerprint density at radius 1 is 1.36 bits per heavy atom. The zero-order chi connectivity index (χ0) is 18.0. The molecular weight excluding hydrogens is 348 g/mol. The highest BCUT2D eigenvalue weighted by atomic mass is 32.2. The summed E-state index contributed by atoms with van der Waals surface area (Å²) < 4.78 is 38.7. The maximum atomic E-state index is 12.5. The Labute approximate surface area is 144 Å². The Bertz CT molecular complexity index is 937. The summed E-state index contributed by atoms with van der Waals surface area (Å²) in [7, 11) is -3.68. The van der Waals surface area contributed by atoms with Gasteiger partial charge in [0, 0.05) is 12.1 Å². The van der Waals surface area contributed by atoms with Crippen molar-refractivity contribution >= 4 is 27.1 Å². The monoisotopic (exact) mass is 368 g/mol. The lowest BCUT2D eigenvalue weighted by Gasteiger charge is -2.12. The number of carbonyl (C=O) groups is 1. The van der Waals surface area contributed by atoms with Crippen LogP contribution in [-0.2, 0) is 26.1 Å². The fourth-order valence-electron chi connectivity index (χ4n) is 3.03. The van der Waals surface area contributed by atoms with Crippen molar-refractivity contribution in [3.05, 3.63) is 28.7 Å². The number of nitrogens with zero attached hydrogens (tertiary/aromatic N) is 1. The van der Waals surface area contributed by atoms with Gasteiger partial charge < -0.3 is 9.15 Å². The summed E-state index contributed by atoms with van der Waals surface area (Å²) in [4.78, 5) is 23.6. The van der Waals surface area contributed by atoms with Crippen LogP contribution in [0.2, 0.25) is 0 Å². The molecule has 1 fully saturated rings. The predicted octanol–water partition coefficient (Wildman–Crippen LogP) is 1.38. The summed E-state index contributed by atoms with van der Waals surface area (Å²) in [5.41, 5.74) is 0.460. The number of ether oxygens (including phenoxy) is 1. The zero-order valence-electron chi connectivity index (χ0n) is 13.9. The SMILES string of the molecule is CCOC(=O)Cn1c(=O)oc2cc(S(=O)(=O)NC3CCCC3)ccc21. The molecule has 3 rings (SSSR count). The third kappa shape index (κ3) is 3.77. The van der Waals surface area contributed by atoms with Crippen molar-refractivity contribution in [3.8, 4) is 0 Å². The molecule has 8 nitrogen and oxygen atoms in total. The summed E-state index contributed by atoms with van der Waals surface area (Å²) in [5.74, 6) is -1.30. The number of esters is 1. The molecule has 0 radical (unpaired) electrons. The van der Waals surface area contributed by atoms with E-state index in [0.29, 0.717) is 5.52 Å². The molecule has 1 aliphatic carbocycles. The van der Waals surface area contributed by atoms with E-state index < -0.39 is 21.7 Å². The average Bonchev–Trinajstić information content (AvgIpc) is 3.15. The second-order valence-corrected chi connectivity index (χ2v) is 7.71. The topological polar surface area (TPSA) is 108 Å². The van der Waals surface area contributed by atoms with E-state index in [1.807, 2.05) is 0 Å². The van der Waals surface area contributed by atoms with Crippen LogP contribution in [0.15, 0.2) is 32.3 Å². The van der Waals surface area contributed by atoms with Crippen molar-refractivity contribution in [1.29, 1.82) is 0 Å². The standard InChI is InChI=1S/C16H20N2O6S/c1-2-23-15(19)10-18-13-8-7-12(9-14(13)24-16(18)20)25(21,22)17-11-5-3-4-6-11/h7-9,11,17H,2-6,10H2,1H3. The second kappa shape index (κ2) is 7.01. The van der Waals surface area contributed by atoms with Gasteiger partial charge in [0.1, 0.15) is 6.54 Å². The lowest BCUT2D eigenvalue weighted by atomic mass is 10.3. The van der Waals surface area contributed by atoms with Crippen molar-refractivity contribution in [3.63, 3.8) is 0 Å². The quantitative estimate of drug-likeness (QED) is 0.772. The minimum atomic E-state index is -3.68. The number of nitrogens with one attached hydrogen (secondary N) is 1. The number of aromatic nitrogens is 1. The molecule has 136 valence electrons. The highest BCUT2D eigenvalue weighted by Crippen LogP contribution is 2.22. The van der Waals surface area contributed by atoms with Crippen LogP contribution in [0, 0.1) is 0 Å². The molecule has 1 heterocycles. The number of fused-ring (bicyclic) bond motifs is 1. The van der Waals surface area contributed by atoms with Gasteiger partial charge in [0.15, 0.2) is 5.58 Å². The van der Waals surface area contributed by atoms with Crippen LogP contribution in [-0.4, -0.2) is 31.6 Å². The highest BCUT2D eigenvalue weighted by Gasteiger charge is 2.24. The first kappa shape index (κ1) is 17.7. The van der Waals surface area contributed by atoms with E-state index in [0.717, 1.165) is 30.3 Å². The molecule has 0 saturated heterocycles. The van der Waals surface area contributed by atoms with Gasteiger partial charge in [-0.2, -0.15) is 0 Å². The first-order chi connectivity index (χ1) is 11.9. The number of sulfonamides is 1. The minimum Gasteiger partial charge on any atom is -0.465 e. The van der Waals surface area contributed by atoms with Crippen LogP contribution in [0.25, 0.3) is 11.1 Å².